The molecule has 0 aliphatic carbocycles. The van der Waals surface area contributed by atoms with Crippen molar-refractivity contribution in [1.29, 1.82) is 0 Å². The first-order valence-corrected chi connectivity index (χ1v) is 16.2. The fraction of sp³-hybridized carbons (Fsp3) is 0.308. The van der Waals surface area contributed by atoms with E-state index in [0.717, 1.165) is 0 Å². The molecule has 3 aromatic rings. The van der Waals surface area contributed by atoms with Crippen LogP contribution >= 0.6 is 0 Å². The summed E-state index contributed by atoms with van der Waals surface area (Å²) in [6.07, 6.45) is 0. The van der Waals surface area contributed by atoms with Crippen LogP contribution in [0.25, 0.3) is 0 Å². The molecule has 0 amide bonds. The average Bonchev–Trinajstić information content (AvgIpc) is 3.46. The van der Waals surface area contributed by atoms with Gasteiger partial charge in [0.15, 0.2) is 0 Å². The Morgan fingerprint density at radius 3 is 1.41 bits per heavy atom. The van der Waals surface area contributed by atoms with Gasteiger partial charge in [0, 0.05) is 0 Å². The molecule has 0 radical (unpaired) electrons. The van der Waals surface area contributed by atoms with Crippen molar-refractivity contribution in [2.24, 2.45) is 0 Å². The Bertz CT molecular complexity index is 980. The maximum atomic E-state index is 6.35. The number of hydrogen-bond acceptors (Lipinski definition) is 2. The first-order chi connectivity index (χ1) is 13.6. The predicted octanol–water partition coefficient (Wildman–Crippen LogP) is 4.66. The molecule has 4 rings (SSSR count). The molecule has 0 aromatic heterocycles. The van der Waals surface area contributed by atoms with Gasteiger partial charge in [0.1, 0.15) is 0 Å². The Hall–Kier alpha value is -1.60. The Labute approximate surface area is 177 Å². The minimum atomic E-state index is -4.46. The first kappa shape index (κ1) is 20.7. The maximum absolute atomic E-state index is 6.35. The molecular weight excluding hydrogens is 466 g/mol. The van der Waals surface area contributed by atoms with Crippen LogP contribution < -0.4 is 10.5 Å². The Kier molecular flexibility index (Phi) is 4.78. The van der Waals surface area contributed by atoms with Crippen molar-refractivity contribution in [3.8, 4) is 0 Å². The molecule has 0 atom stereocenters. The van der Waals surface area contributed by atoms with Crippen LogP contribution in [0.1, 0.15) is 52.7 Å². The molecule has 3 heteroatoms. The van der Waals surface area contributed by atoms with Gasteiger partial charge >= 0.3 is 177 Å². The third-order valence-electron chi connectivity index (χ3n) is 5.79. The van der Waals surface area contributed by atoms with E-state index in [1.807, 2.05) is 0 Å². The van der Waals surface area contributed by atoms with E-state index in [2.05, 4.69) is 120 Å². The second kappa shape index (κ2) is 6.70. The first-order valence-electron chi connectivity index (χ1n) is 10.3. The topological polar surface area (TPSA) is 25.1 Å². The summed E-state index contributed by atoms with van der Waals surface area (Å²) in [4.78, 5) is 0. The molecular formula is C26H31O2Sb. The summed E-state index contributed by atoms with van der Waals surface area (Å²) in [5, 5.41) is 0. The minimum absolute atomic E-state index is 0.0216. The molecule has 152 valence electrons. The van der Waals surface area contributed by atoms with Gasteiger partial charge in [0.2, 0.25) is 0 Å². The van der Waals surface area contributed by atoms with Crippen molar-refractivity contribution in [2.45, 2.75) is 52.4 Å². The molecule has 1 heterocycles. The van der Waals surface area contributed by atoms with Crippen LogP contribution in [0.15, 0.2) is 78.9 Å². The molecule has 0 bridgehead atoms. The SMILES string of the molecule is CC(C)(C)c1ccc[c]([Sb]2([c]3ccccc3)([c]3ccccc3)[O][O]2)c1C(C)(C)C. The van der Waals surface area contributed by atoms with Crippen molar-refractivity contribution < 1.29 is 6.33 Å². The molecule has 1 aliphatic heterocycles. The van der Waals surface area contributed by atoms with Gasteiger partial charge in [-0.25, -0.2) is 0 Å². The van der Waals surface area contributed by atoms with Crippen LogP contribution in [0.2, 0.25) is 0 Å². The van der Waals surface area contributed by atoms with Crippen LogP contribution in [0, 0.1) is 0 Å². The predicted molar refractivity (Wildman–Crippen MR) is 124 cm³/mol. The molecule has 0 N–H and O–H groups in total. The van der Waals surface area contributed by atoms with E-state index in [-0.39, 0.29) is 10.8 Å². The van der Waals surface area contributed by atoms with E-state index < -0.39 is 18.2 Å². The van der Waals surface area contributed by atoms with Crippen LogP contribution in [0.3, 0.4) is 0 Å². The number of rotatable bonds is 3. The summed E-state index contributed by atoms with van der Waals surface area (Å²) in [6.45, 7) is 13.8. The van der Waals surface area contributed by atoms with Crippen molar-refractivity contribution in [3.63, 3.8) is 0 Å². The van der Waals surface area contributed by atoms with Gasteiger partial charge in [-0.15, -0.1) is 0 Å². The van der Waals surface area contributed by atoms with Crippen molar-refractivity contribution in [2.75, 3.05) is 0 Å². The molecule has 0 saturated carbocycles. The third-order valence-corrected chi connectivity index (χ3v) is 18.1. The summed E-state index contributed by atoms with van der Waals surface area (Å²) in [6, 6.07) is 27.9. The van der Waals surface area contributed by atoms with E-state index in [1.54, 1.807) is 0 Å². The van der Waals surface area contributed by atoms with Gasteiger partial charge in [0.05, 0.1) is 0 Å². The van der Waals surface area contributed by atoms with E-state index in [1.165, 1.54) is 21.7 Å². The second-order valence-electron chi connectivity index (χ2n) is 9.98. The van der Waals surface area contributed by atoms with Gasteiger partial charge in [-0.05, 0) is 0 Å². The van der Waals surface area contributed by atoms with Crippen LogP contribution in [-0.2, 0) is 17.2 Å². The summed E-state index contributed by atoms with van der Waals surface area (Å²) >= 11 is -4.46. The summed E-state index contributed by atoms with van der Waals surface area (Å²) < 4.78 is 16.3. The molecule has 3 aromatic carbocycles. The fourth-order valence-electron chi connectivity index (χ4n) is 4.42. The monoisotopic (exact) mass is 496 g/mol. The zero-order valence-electron chi connectivity index (χ0n) is 18.3. The summed E-state index contributed by atoms with van der Waals surface area (Å²) in [5.74, 6) is 0. The van der Waals surface area contributed by atoms with E-state index in [0.29, 0.717) is 0 Å². The summed E-state index contributed by atoms with van der Waals surface area (Å²) in [5.41, 5.74) is 2.70. The normalized spacial score (nSPS) is 19.2. The molecule has 2 nitrogen and oxygen atoms in total. The fourth-order valence-corrected chi connectivity index (χ4v) is 18.1. The number of benzene rings is 3. The third kappa shape index (κ3) is 3.08. The van der Waals surface area contributed by atoms with Gasteiger partial charge in [-0.3, -0.25) is 0 Å². The molecule has 1 fully saturated rings. The molecule has 0 spiro atoms. The Morgan fingerprint density at radius 2 is 1.03 bits per heavy atom. The van der Waals surface area contributed by atoms with Gasteiger partial charge in [0.25, 0.3) is 0 Å². The quantitative estimate of drug-likeness (QED) is 0.299. The Balaban J connectivity index is 2.16. The standard InChI is InChI=1S/C14H21.2C6H5.O2.Sb/c1-13(2,3)11-9-7-8-10-12(11)14(4,5)6;2*1-2-4-6-5-3-1;1-2;/h7-9H,1-6H3;2*1-5H;;/q;;;-2;+2. The number of hydrogen-bond donors (Lipinski definition) is 0. The van der Waals surface area contributed by atoms with Gasteiger partial charge < -0.3 is 0 Å². The average molecular weight is 497 g/mol. The molecule has 1 saturated heterocycles. The Morgan fingerprint density at radius 1 is 0.552 bits per heavy atom. The van der Waals surface area contributed by atoms with Crippen LogP contribution in [-0.4, -0.2) is 18.2 Å². The zero-order chi connectivity index (χ0) is 20.9. The molecule has 0 unspecified atom stereocenters. The molecule has 1 aliphatic rings. The van der Waals surface area contributed by atoms with Gasteiger partial charge in [-0.2, -0.15) is 0 Å². The van der Waals surface area contributed by atoms with Crippen LogP contribution in [0.4, 0.5) is 0 Å². The molecule has 29 heavy (non-hydrogen) atoms. The zero-order valence-corrected chi connectivity index (χ0v) is 20.8. The van der Waals surface area contributed by atoms with Crippen molar-refractivity contribution in [3.05, 3.63) is 90.0 Å². The summed E-state index contributed by atoms with van der Waals surface area (Å²) in [7, 11) is 0. The van der Waals surface area contributed by atoms with Gasteiger partial charge in [-0.1, -0.05) is 0 Å². The van der Waals surface area contributed by atoms with Crippen molar-refractivity contribution in [1.82, 2.24) is 0 Å². The van der Waals surface area contributed by atoms with E-state index in [9.17, 15) is 0 Å². The van der Waals surface area contributed by atoms with Crippen molar-refractivity contribution >= 4 is 28.8 Å². The van der Waals surface area contributed by atoms with Crippen LogP contribution in [0.5, 0.6) is 0 Å². The van der Waals surface area contributed by atoms with E-state index in [4.69, 9.17) is 6.33 Å². The second-order valence-corrected chi connectivity index (χ2v) is 20.6. The van der Waals surface area contributed by atoms with E-state index >= 15 is 0 Å².